The molecule has 21 heavy (non-hydrogen) atoms. The van der Waals surface area contributed by atoms with Crippen molar-refractivity contribution < 1.29 is 4.79 Å². The monoisotopic (exact) mass is 303 g/mol. The van der Waals surface area contributed by atoms with Gasteiger partial charge in [0.1, 0.15) is 5.82 Å². The molecule has 0 radical (unpaired) electrons. The third kappa shape index (κ3) is 2.93. The molecule has 1 aliphatic heterocycles. The molecule has 1 aromatic carbocycles. The number of imidazole rings is 1. The van der Waals surface area contributed by atoms with E-state index in [1.807, 2.05) is 36.3 Å². The second kappa shape index (κ2) is 6.10. The number of rotatable bonds is 3. The summed E-state index contributed by atoms with van der Waals surface area (Å²) >= 11 is 1.62. The Balaban J connectivity index is 1.67. The maximum atomic E-state index is 12.2. The minimum atomic E-state index is 0.0627. The van der Waals surface area contributed by atoms with Gasteiger partial charge in [0.15, 0.2) is 0 Å². The van der Waals surface area contributed by atoms with E-state index in [1.54, 1.807) is 11.8 Å². The number of hydrogen-bond donors (Lipinski definition) is 1. The minimum Gasteiger partial charge on any atom is -0.342 e. The molecule has 112 valence electrons. The van der Waals surface area contributed by atoms with Crippen LogP contribution in [0.4, 0.5) is 0 Å². The summed E-state index contributed by atoms with van der Waals surface area (Å²) in [5.41, 5.74) is 2.13. The summed E-state index contributed by atoms with van der Waals surface area (Å²) in [5, 5.41) is 0.0627. The number of thioether (sulfide) groups is 1. The van der Waals surface area contributed by atoms with Crippen molar-refractivity contribution in [1.29, 1.82) is 0 Å². The molecule has 2 heterocycles. The van der Waals surface area contributed by atoms with Crippen LogP contribution in [0.25, 0.3) is 11.0 Å². The van der Waals surface area contributed by atoms with Gasteiger partial charge in [-0.1, -0.05) is 12.1 Å². The summed E-state index contributed by atoms with van der Waals surface area (Å²) in [6.07, 6.45) is 3.98. The number of aromatic amines is 1. The fourth-order valence-electron chi connectivity index (χ4n) is 2.90. The predicted molar refractivity (Wildman–Crippen MR) is 87.6 cm³/mol. The molecule has 1 aromatic heterocycles. The Bertz CT molecular complexity index is 598. The number of carbonyl (C=O) groups is 1. The van der Waals surface area contributed by atoms with Gasteiger partial charge >= 0.3 is 0 Å². The first-order valence-corrected chi connectivity index (χ1v) is 8.74. The second-order valence-corrected chi connectivity index (χ2v) is 6.80. The summed E-state index contributed by atoms with van der Waals surface area (Å²) in [4.78, 5) is 22.3. The van der Waals surface area contributed by atoms with E-state index in [4.69, 9.17) is 4.98 Å². The van der Waals surface area contributed by atoms with Crippen molar-refractivity contribution >= 4 is 28.7 Å². The molecule has 0 aliphatic carbocycles. The lowest BCUT2D eigenvalue weighted by atomic mass is 9.96. The minimum absolute atomic E-state index is 0.0627. The highest BCUT2D eigenvalue weighted by atomic mass is 32.2. The first-order chi connectivity index (χ1) is 10.2. The van der Waals surface area contributed by atoms with Gasteiger partial charge in [0.05, 0.1) is 16.3 Å². The van der Waals surface area contributed by atoms with E-state index in [0.717, 1.165) is 42.8 Å². The SMILES string of the molecule is CSC(C)C(=O)N1CCC(c2nc3ccccc3[nH]2)CC1. The average molecular weight is 303 g/mol. The number of fused-ring (bicyclic) bond motifs is 1. The maximum absolute atomic E-state index is 12.2. The summed E-state index contributed by atoms with van der Waals surface area (Å²) in [5.74, 6) is 1.78. The Morgan fingerprint density at radius 1 is 1.38 bits per heavy atom. The molecule has 5 heteroatoms. The number of carbonyl (C=O) groups excluding carboxylic acids is 1. The van der Waals surface area contributed by atoms with Crippen molar-refractivity contribution in [2.45, 2.75) is 30.9 Å². The highest BCUT2D eigenvalue weighted by Crippen LogP contribution is 2.28. The van der Waals surface area contributed by atoms with Gasteiger partial charge in [-0.25, -0.2) is 4.98 Å². The van der Waals surface area contributed by atoms with E-state index in [1.165, 1.54) is 0 Å². The molecule has 1 fully saturated rings. The fourth-order valence-corrected chi connectivity index (χ4v) is 3.25. The zero-order valence-electron chi connectivity index (χ0n) is 12.5. The molecule has 2 aromatic rings. The summed E-state index contributed by atoms with van der Waals surface area (Å²) < 4.78 is 0. The molecule has 4 nitrogen and oxygen atoms in total. The summed E-state index contributed by atoms with van der Waals surface area (Å²) in [7, 11) is 0. The Labute approximate surface area is 129 Å². The van der Waals surface area contributed by atoms with E-state index in [2.05, 4.69) is 11.1 Å². The van der Waals surface area contributed by atoms with Gasteiger partial charge in [0, 0.05) is 19.0 Å². The zero-order valence-corrected chi connectivity index (χ0v) is 13.3. The first kappa shape index (κ1) is 14.4. The highest BCUT2D eigenvalue weighted by Gasteiger charge is 2.27. The lowest BCUT2D eigenvalue weighted by Crippen LogP contribution is -2.41. The van der Waals surface area contributed by atoms with Gasteiger partial charge in [-0.2, -0.15) is 11.8 Å². The quantitative estimate of drug-likeness (QED) is 0.948. The molecular formula is C16H21N3OS. The van der Waals surface area contributed by atoms with Crippen molar-refractivity contribution in [2.24, 2.45) is 0 Å². The standard InChI is InChI=1S/C16H21N3OS/c1-11(21-2)16(20)19-9-7-12(8-10-19)15-17-13-5-3-4-6-14(13)18-15/h3-6,11-12H,7-10H2,1-2H3,(H,17,18). The lowest BCUT2D eigenvalue weighted by molar-refractivity contribution is -0.131. The van der Waals surface area contributed by atoms with Crippen molar-refractivity contribution in [3.63, 3.8) is 0 Å². The topological polar surface area (TPSA) is 49.0 Å². The molecular weight excluding hydrogens is 282 g/mol. The number of piperidine rings is 1. The van der Waals surface area contributed by atoms with E-state index >= 15 is 0 Å². The van der Waals surface area contributed by atoms with E-state index < -0.39 is 0 Å². The lowest BCUT2D eigenvalue weighted by Gasteiger charge is -2.32. The summed E-state index contributed by atoms with van der Waals surface area (Å²) in [6, 6.07) is 8.13. The molecule has 0 saturated carbocycles. The number of nitrogens with zero attached hydrogens (tertiary/aromatic N) is 2. The fraction of sp³-hybridized carbons (Fsp3) is 0.500. The smallest absolute Gasteiger partial charge is 0.235 e. The Hall–Kier alpha value is -1.49. The number of benzene rings is 1. The van der Waals surface area contributed by atoms with Crippen molar-refractivity contribution in [1.82, 2.24) is 14.9 Å². The predicted octanol–water partition coefficient (Wildman–Crippen LogP) is 3.02. The van der Waals surface area contributed by atoms with Gasteiger partial charge in [0.25, 0.3) is 0 Å². The number of amides is 1. The van der Waals surface area contributed by atoms with Gasteiger partial charge in [-0.15, -0.1) is 0 Å². The van der Waals surface area contributed by atoms with Crippen molar-refractivity contribution in [2.75, 3.05) is 19.3 Å². The van der Waals surface area contributed by atoms with E-state index in [0.29, 0.717) is 5.92 Å². The normalized spacial score (nSPS) is 18.1. The molecule has 1 amide bonds. The van der Waals surface area contributed by atoms with Gasteiger partial charge in [-0.3, -0.25) is 4.79 Å². The van der Waals surface area contributed by atoms with Gasteiger partial charge in [-0.05, 0) is 38.2 Å². The van der Waals surface area contributed by atoms with Crippen LogP contribution in [0.15, 0.2) is 24.3 Å². The molecule has 1 unspecified atom stereocenters. The van der Waals surface area contributed by atoms with Gasteiger partial charge < -0.3 is 9.88 Å². The number of para-hydroxylation sites is 2. The molecule has 1 saturated heterocycles. The summed E-state index contributed by atoms with van der Waals surface area (Å²) in [6.45, 7) is 3.66. The van der Waals surface area contributed by atoms with E-state index in [9.17, 15) is 4.79 Å². The number of nitrogens with one attached hydrogen (secondary N) is 1. The van der Waals surface area contributed by atoms with Crippen LogP contribution >= 0.6 is 11.8 Å². The maximum Gasteiger partial charge on any atom is 0.235 e. The molecule has 0 bridgehead atoms. The van der Waals surface area contributed by atoms with Crippen molar-refractivity contribution in [3.05, 3.63) is 30.1 Å². The second-order valence-electron chi connectivity index (χ2n) is 5.62. The van der Waals surface area contributed by atoms with Crippen LogP contribution < -0.4 is 0 Å². The van der Waals surface area contributed by atoms with Gasteiger partial charge in [0.2, 0.25) is 5.91 Å². The Kier molecular flexibility index (Phi) is 4.19. The highest BCUT2D eigenvalue weighted by molar-refractivity contribution is 7.99. The van der Waals surface area contributed by atoms with Crippen LogP contribution in [0.2, 0.25) is 0 Å². The third-order valence-electron chi connectivity index (χ3n) is 4.30. The Morgan fingerprint density at radius 3 is 2.76 bits per heavy atom. The molecule has 0 spiro atoms. The molecule has 1 atom stereocenters. The van der Waals surface area contributed by atoms with Crippen LogP contribution in [0, 0.1) is 0 Å². The van der Waals surface area contributed by atoms with Crippen LogP contribution in [0.5, 0.6) is 0 Å². The zero-order chi connectivity index (χ0) is 14.8. The third-order valence-corrected chi connectivity index (χ3v) is 5.21. The average Bonchev–Trinajstić information content (AvgIpc) is 2.97. The number of aromatic nitrogens is 2. The first-order valence-electron chi connectivity index (χ1n) is 7.45. The molecule has 1 N–H and O–H groups in total. The van der Waals surface area contributed by atoms with Crippen LogP contribution in [0.3, 0.4) is 0 Å². The van der Waals surface area contributed by atoms with Crippen molar-refractivity contribution in [3.8, 4) is 0 Å². The molecule has 3 rings (SSSR count). The van der Waals surface area contributed by atoms with Crippen LogP contribution in [0.1, 0.15) is 31.5 Å². The largest absolute Gasteiger partial charge is 0.342 e. The van der Waals surface area contributed by atoms with Crippen LogP contribution in [-0.2, 0) is 4.79 Å². The van der Waals surface area contributed by atoms with E-state index in [-0.39, 0.29) is 11.2 Å². The number of H-pyrrole nitrogens is 1. The number of hydrogen-bond acceptors (Lipinski definition) is 3. The van der Waals surface area contributed by atoms with Crippen LogP contribution in [-0.4, -0.2) is 45.4 Å². The Morgan fingerprint density at radius 2 is 2.10 bits per heavy atom. The number of likely N-dealkylation sites (tertiary alicyclic amines) is 1. The molecule has 1 aliphatic rings.